The van der Waals surface area contributed by atoms with Gasteiger partial charge in [-0.05, 0) is 25.0 Å². The lowest BCUT2D eigenvalue weighted by Gasteiger charge is -2.29. The summed E-state index contributed by atoms with van der Waals surface area (Å²) in [6.07, 6.45) is 2.56. The Balaban J connectivity index is 1.81. The first-order chi connectivity index (χ1) is 11.0. The number of β-amino-alcohol motifs (C(OH)–C–C–N with tert-alkyl or cyclic N) is 1. The Hall–Kier alpha value is -2.74. The summed E-state index contributed by atoms with van der Waals surface area (Å²) in [5.74, 6) is -0.243. The Kier molecular flexibility index (Phi) is 4.07. The van der Waals surface area contributed by atoms with Crippen molar-refractivity contribution >= 4 is 11.6 Å². The first-order valence-corrected chi connectivity index (χ1v) is 7.32. The minimum Gasteiger partial charge on any atom is -0.391 e. The van der Waals surface area contributed by atoms with E-state index in [1.165, 1.54) is 16.8 Å². The molecule has 2 aromatic rings. The molecule has 1 unspecified atom stereocenters. The summed E-state index contributed by atoms with van der Waals surface area (Å²) in [7, 11) is 0. The van der Waals surface area contributed by atoms with Gasteiger partial charge in [0.05, 0.1) is 16.7 Å². The topological polar surface area (TPSA) is 102 Å². The lowest BCUT2D eigenvalue weighted by molar-refractivity contribution is -0.384. The van der Waals surface area contributed by atoms with Gasteiger partial charge in [-0.3, -0.25) is 14.9 Å². The summed E-state index contributed by atoms with van der Waals surface area (Å²) < 4.78 is 1.43. The van der Waals surface area contributed by atoms with E-state index in [2.05, 4.69) is 5.10 Å². The minimum absolute atomic E-state index is 0.0370. The van der Waals surface area contributed by atoms with E-state index in [1.54, 1.807) is 29.3 Å². The maximum absolute atomic E-state index is 12.4. The van der Waals surface area contributed by atoms with Gasteiger partial charge in [-0.15, -0.1) is 0 Å². The van der Waals surface area contributed by atoms with E-state index in [-0.39, 0.29) is 17.3 Å². The molecule has 1 aliphatic heterocycles. The third-order valence-corrected chi connectivity index (χ3v) is 3.80. The number of hydrogen-bond acceptors (Lipinski definition) is 5. The highest BCUT2D eigenvalue weighted by atomic mass is 16.6. The third kappa shape index (κ3) is 3.21. The second-order valence-electron chi connectivity index (χ2n) is 5.47. The molecule has 0 spiro atoms. The second kappa shape index (κ2) is 6.17. The Labute approximate surface area is 132 Å². The fourth-order valence-electron chi connectivity index (χ4n) is 2.63. The molecule has 1 amide bonds. The molecule has 0 bridgehead atoms. The van der Waals surface area contributed by atoms with Crippen molar-refractivity contribution in [2.24, 2.45) is 0 Å². The van der Waals surface area contributed by atoms with Gasteiger partial charge in [0.15, 0.2) is 5.69 Å². The number of carbonyl (C=O) groups is 1. The summed E-state index contributed by atoms with van der Waals surface area (Å²) in [5.41, 5.74) is 0.729. The Morgan fingerprint density at radius 3 is 2.96 bits per heavy atom. The molecule has 0 radical (unpaired) electrons. The summed E-state index contributed by atoms with van der Waals surface area (Å²) in [6.45, 7) is 0.905. The van der Waals surface area contributed by atoms with E-state index in [4.69, 9.17) is 0 Å². The number of amides is 1. The molecule has 1 fully saturated rings. The summed E-state index contributed by atoms with van der Waals surface area (Å²) >= 11 is 0. The highest BCUT2D eigenvalue weighted by Gasteiger charge is 2.24. The number of nitro groups is 1. The van der Waals surface area contributed by atoms with Gasteiger partial charge < -0.3 is 10.0 Å². The molecule has 1 aliphatic rings. The standard InChI is InChI=1S/C15H16N4O4/c20-13-5-2-7-17(10-13)15(21)14-6-8-18(16-14)11-3-1-4-12(9-11)19(22)23/h1,3-4,6,8-9,13,20H,2,5,7,10H2. The highest BCUT2D eigenvalue weighted by Crippen LogP contribution is 2.17. The molecule has 2 heterocycles. The minimum atomic E-state index is -0.494. The fourth-order valence-corrected chi connectivity index (χ4v) is 2.63. The average Bonchev–Trinajstić information content (AvgIpc) is 3.04. The largest absolute Gasteiger partial charge is 0.391 e. The molecule has 120 valence electrons. The van der Waals surface area contributed by atoms with Crippen LogP contribution in [-0.4, -0.2) is 49.8 Å². The van der Waals surface area contributed by atoms with Crippen LogP contribution < -0.4 is 0 Å². The molecule has 8 nitrogen and oxygen atoms in total. The summed E-state index contributed by atoms with van der Waals surface area (Å²) in [6, 6.07) is 7.61. The molecule has 23 heavy (non-hydrogen) atoms. The normalized spacial score (nSPS) is 18.0. The van der Waals surface area contributed by atoms with Crippen LogP contribution in [0.1, 0.15) is 23.3 Å². The number of nitro benzene ring substituents is 1. The van der Waals surface area contributed by atoms with Crippen molar-refractivity contribution in [1.29, 1.82) is 0 Å². The van der Waals surface area contributed by atoms with Crippen LogP contribution in [0.3, 0.4) is 0 Å². The van der Waals surface area contributed by atoms with Gasteiger partial charge in [-0.25, -0.2) is 4.68 Å². The van der Waals surface area contributed by atoms with E-state index >= 15 is 0 Å². The van der Waals surface area contributed by atoms with Gasteiger partial charge in [-0.2, -0.15) is 5.10 Å². The van der Waals surface area contributed by atoms with Crippen molar-refractivity contribution in [1.82, 2.24) is 14.7 Å². The van der Waals surface area contributed by atoms with Crippen molar-refractivity contribution in [2.75, 3.05) is 13.1 Å². The van der Waals surface area contributed by atoms with Gasteiger partial charge in [0.25, 0.3) is 11.6 Å². The van der Waals surface area contributed by atoms with Gasteiger partial charge >= 0.3 is 0 Å². The number of aliphatic hydroxyl groups is 1. The van der Waals surface area contributed by atoms with Gasteiger partial charge in [0.1, 0.15) is 0 Å². The molecule has 0 aliphatic carbocycles. The zero-order valence-corrected chi connectivity index (χ0v) is 12.3. The first-order valence-electron chi connectivity index (χ1n) is 7.32. The number of rotatable bonds is 3. The zero-order chi connectivity index (χ0) is 16.4. The molecular formula is C15H16N4O4. The van der Waals surface area contributed by atoms with E-state index in [9.17, 15) is 20.0 Å². The maximum atomic E-state index is 12.4. The lowest BCUT2D eigenvalue weighted by Crippen LogP contribution is -2.42. The molecular weight excluding hydrogens is 300 g/mol. The smallest absolute Gasteiger partial charge is 0.274 e. The molecule has 1 N–H and O–H groups in total. The number of nitrogens with zero attached hydrogens (tertiary/aromatic N) is 4. The Morgan fingerprint density at radius 2 is 2.22 bits per heavy atom. The van der Waals surface area contributed by atoms with E-state index in [0.717, 1.165) is 6.42 Å². The quantitative estimate of drug-likeness (QED) is 0.681. The zero-order valence-electron chi connectivity index (χ0n) is 12.3. The highest BCUT2D eigenvalue weighted by molar-refractivity contribution is 5.92. The van der Waals surface area contributed by atoms with E-state index in [0.29, 0.717) is 25.2 Å². The maximum Gasteiger partial charge on any atom is 0.274 e. The summed E-state index contributed by atoms with van der Waals surface area (Å²) in [4.78, 5) is 24.3. The van der Waals surface area contributed by atoms with Crippen LogP contribution in [-0.2, 0) is 0 Å². The predicted octanol–water partition coefficient (Wildman–Crippen LogP) is 1.38. The van der Waals surface area contributed by atoms with Gasteiger partial charge in [0, 0.05) is 31.4 Å². The van der Waals surface area contributed by atoms with Crippen LogP contribution in [0.5, 0.6) is 0 Å². The average molecular weight is 316 g/mol. The second-order valence-corrected chi connectivity index (χ2v) is 5.47. The summed E-state index contributed by atoms with van der Waals surface area (Å²) in [5, 5.41) is 24.7. The van der Waals surface area contributed by atoms with Gasteiger partial charge in [-0.1, -0.05) is 6.07 Å². The number of hydrogen-bond donors (Lipinski definition) is 1. The molecule has 1 saturated heterocycles. The van der Waals surface area contributed by atoms with E-state index < -0.39 is 11.0 Å². The van der Waals surface area contributed by atoms with Crippen molar-refractivity contribution in [3.05, 3.63) is 52.3 Å². The van der Waals surface area contributed by atoms with E-state index in [1.807, 2.05) is 0 Å². The number of likely N-dealkylation sites (tertiary alicyclic amines) is 1. The molecule has 1 aromatic heterocycles. The Morgan fingerprint density at radius 1 is 1.39 bits per heavy atom. The first kappa shape index (κ1) is 15.2. The number of piperidine rings is 1. The number of carbonyl (C=O) groups excluding carboxylic acids is 1. The molecule has 0 saturated carbocycles. The Bertz CT molecular complexity index is 743. The van der Waals surface area contributed by atoms with Crippen LogP contribution in [0.2, 0.25) is 0 Å². The number of benzene rings is 1. The van der Waals surface area contributed by atoms with Crippen molar-refractivity contribution in [3.8, 4) is 5.69 Å². The monoisotopic (exact) mass is 316 g/mol. The molecule has 1 aromatic carbocycles. The van der Waals surface area contributed by atoms with Crippen LogP contribution in [0.4, 0.5) is 5.69 Å². The number of aliphatic hydroxyl groups excluding tert-OH is 1. The van der Waals surface area contributed by atoms with Crippen molar-refractivity contribution in [2.45, 2.75) is 18.9 Å². The van der Waals surface area contributed by atoms with Crippen LogP contribution in [0, 0.1) is 10.1 Å². The van der Waals surface area contributed by atoms with Crippen LogP contribution in [0.15, 0.2) is 36.5 Å². The fraction of sp³-hybridized carbons (Fsp3) is 0.333. The SMILES string of the molecule is O=C(c1ccn(-c2cccc([N+](=O)[O-])c2)n1)N1CCCC(O)C1. The van der Waals surface area contributed by atoms with Crippen LogP contribution in [0.25, 0.3) is 5.69 Å². The third-order valence-electron chi connectivity index (χ3n) is 3.80. The van der Waals surface area contributed by atoms with Crippen molar-refractivity contribution < 1.29 is 14.8 Å². The predicted molar refractivity (Wildman–Crippen MR) is 81.4 cm³/mol. The molecule has 3 rings (SSSR count). The molecule has 1 atom stereocenters. The lowest BCUT2D eigenvalue weighted by atomic mass is 10.1. The van der Waals surface area contributed by atoms with Crippen LogP contribution >= 0.6 is 0 Å². The molecule has 8 heteroatoms. The van der Waals surface area contributed by atoms with Crippen molar-refractivity contribution in [3.63, 3.8) is 0 Å². The number of non-ortho nitro benzene ring substituents is 1. The number of aromatic nitrogens is 2. The van der Waals surface area contributed by atoms with Gasteiger partial charge in [0.2, 0.25) is 0 Å².